The molecule has 0 aromatic heterocycles. The van der Waals surface area contributed by atoms with E-state index < -0.39 is 0 Å². The maximum Gasteiger partial charge on any atom is 0.226 e. The molecule has 1 aliphatic heterocycles. The Hall–Kier alpha value is -2.33. The zero-order valence-electron chi connectivity index (χ0n) is 16.6. The highest BCUT2D eigenvalue weighted by Crippen LogP contribution is 2.26. The monoisotopic (exact) mass is 366 g/mol. The summed E-state index contributed by atoms with van der Waals surface area (Å²) in [6, 6.07) is 16.9. The molecule has 0 aliphatic carbocycles. The Labute approximate surface area is 162 Å². The molecule has 2 aromatic rings. The zero-order chi connectivity index (χ0) is 19.2. The average Bonchev–Trinajstić information content (AvgIpc) is 2.70. The highest BCUT2D eigenvalue weighted by Gasteiger charge is 2.28. The van der Waals surface area contributed by atoms with Gasteiger partial charge in [0.1, 0.15) is 5.75 Å². The van der Waals surface area contributed by atoms with E-state index in [1.807, 2.05) is 30.0 Å². The Balaban J connectivity index is 1.64. The van der Waals surface area contributed by atoms with Crippen LogP contribution in [0.3, 0.4) is 0 Å². The quantitative estimate of drug-likeness (QED) is 0.759. The van der Waals surface area contributed by atoms with Crippen LogP contribution in [0, 0.1) is 6.92 Å². The number of methoxy groups -OCH3 is 1. The third kappa shape index (κ3) is 4.89. The van der Waals surface area contributed by atoms with E-state index in [0.717, 1.165) is 43.9 Å². The van der Waals surface area contributed by atoms with Crippen LogP contribution in [0.1, 0.15) is 37.3 Å². The number of anilines is 1. The summed E-state index contributed by atoms with van der Waals surface area (Å²) in [6.07, 6.45) is 2.56. The van der Waals surface area contributed by atoms with E-state index in [1.165, 1.54) is 11.1 Å². The number of ether oxygens (including phenoxy) is 1. The predicted octanol–water partition coefficient (Wildman–Crippen LogP) is 4.41. The lowest BCUT2D eigenvalue weighted by Gasteiger charge is -2.38. The van der Waals surface area contributed by atoms with Crippen molar-refractivity contribution >= 4 is 11.6 Å². The predicted molar refractivity (Wildman–Crippen MR) is 110 cm³/mol. The number of piperidine rings is 1. The first-order chi connectivity index (χ1) is 13.1. The van der Waals surface area contributed by atoms with Crippen LogP contribution >= 0.6 is 0 Å². The van der Waals surface area contributed by atoms with Crippen LogP contribution in [-0.4, -0.2) is 37.0 Å². The molecule has 27 heavy (non-hydrogen) atoms. The molecular formula is C23H30N2O2. The average molecular weight is 367 g/mol. The smallest absolute Gasteiger partial charge is 0.226 e. The molecule has 1 aliphatic rings. The van der Waals surface area contributed by atoms with Crippen LogP contribution in [0.2, 0.25) is 0 Å². The third-order valence-electron chi connectivity index (χ3n) is 5.34. The summed E-state index contributed by atoms with van der Waals surface area (Å²) in [5.74, 6) is 1.11. The summed E-state index contributed by atoms with van der Waals surface area (Å²) >= 11 is 0. The second-order valence-corrected chi connectivity index (χ2v) is 7.31. The fourth-order valence-corrected chi connectivity index (χ4v) is 3.83. The van der Waals surface area contributed by atoms with Gasteiger partial charge in [0.15, 0.2) is 0 Å². The van der Waals surface area contributed by atoms with Crippen molar-refractivity contribution < 1.29 is 9.53 Å². The Kier molecular flexibility index (Phi) is 6.51. The zero-order valence-corrected chi connectivity index (χ0v) is 16.6. The van der Waals surface area contributed by atoms with Crippen molar-refractivity contribution in [2.75, 3.05) is 25.1 Å². The topological polar surface area (TPSA) is 32.8 Å². The Morgan fingerprint density at radius 2 is 1.85 bits per heavy atom. The molecule has 1 heterocycles. The Morgan fingerprint density at radius 1 is 1.15 bits per heavy atom. The number of hydrogen-bond donors (Lipinski definition) is 0. The first kappa shape index (κ1) is 19.4. The minimum Gasteiger partial charge on any atom is -0.497 e. The number of amides is 1. The number of hydrogen-bond acceptors (Lipinski definition) is 3. The van der Waals surface area contributed by atoms with Gasteiger partial charge >= 0.3 is 0 Å². The van der Waals surface area contributed by atoms with Crippen LogP contribution in [-0.2, 0) is 11.3 Å². The van der Waals surface area contributed by atoms with Gasteiger partial charge in [-0.25, -0.2) is 0 Å². The number of rotatable bonds is 6. The lowest BCUT2D eigenvalue weighted by molar-refractivity contribution is -0.119. The molecule has 144 valence electrons. The molecule has 1 fully saturated rings. The van der Waals surface area contributed by atoms with Crippen LogP contribution in [0.4, 0.5) is 5.69 Å². The van der Waals surface area contributed by atoms with Gasteiger partial charge in [-0.2, -0.15) is 0 Å². The van der Waals surface area contributed by atoms with Gasteiger partial charge in [-0.1, -0.05) is 31.2 Å². The Morgan fingerprint density at radius 3 is 2.44 bits per heavy atom. The molecule has 3 rings (SSSR count). The van der Waals surface area contributed by atoms with E-state index in [-0.39, 0.29) is 11.9 Å². The largest absolute Gasteiger partial charge is 0.497 e. The highest BCUT2D eigenvalue weighted by atomic mass is 16.5. The van der Waals surface area contributed by atoms with Crippen LogP contribution < -0.4 is 9.64 Å². The van der Waals surface area contributed by atoms with Gasteiger partial charge in [0.2, 0.25) is 5.91 Å². The molecule has 0 bridgehead atoms. The number of nitrogens with zero attached hydrogens (tertiary/aromatic N) is 2. The summed E-state index contributed by atoms with van der Waals surface area (Å²) in [5.41, 5.74) is 3.53. The highest BCUT2D eigenvalue weighted by molar-refractivity contribution is 5.93. The van der Waals surface area contributed by atoms with Gasteiger partial charge in [-0.3, -0.25) is 9.69 Å². The molecule has 2 aromatic carbocycles. The van der Waals surface area contributed by atoms with Crippen molar-refractivity contribution in [3.05, 3.63) is 59.7 Å². The standard InChI is InChI=1S/C23H30N2O2/c1-4-23(26)25(21-7-5-6-18(2)16-21)20-12-14-24(15-13-20)17-19-8-10-22(27-3)11-9-19/h5-11,16,20H,4,12-15,17H2,1-3H3. The first-order valence-corrected chi connectivity index (χ1v) is 9.84. The molecule has 0 radical (unpaired) electrons. The summed E-state index contributed by atoms with van der Waals surface area (Å²) < 4.78 is 5.23. The third-order valence-corrected chi connectivity index (χ3v) is 5.34. The fourth-order valence-electron chi connectivity index (χ4n) is 3.83. The first-order valence-electron chi connectivity index (χ1n) is 9.84. The number of likely N-dealkylation sites (tertiary alicyclic amines) is 1. The van der Waals surface area contributed by atoms with Crippen molar-refractivity contribution in [2.24, 2.45) is 0 Å². The maximum atomic E-state index is 12.7. The molecule has 1 amide bonds. The van der Waals surface area contributed by atoms with Crippen molar-refractivity contribution in [1.82, 2.24) is 4.90 Å². The minimum atomic E-state index is 0.217. The van der Waals surface area contributed by atoms with Gasteiger partial charge in [-0.05, 0) is 55.2 Å². The number of aryl methyl sites for hydroxylation is 1. The summed E-state index contributed by atoms with van der Waals surface area (Å²) in [7, 11) is 1.69. The Bertz CT molecular complexity index is 749. The van der Waals surface area contributed by atoms with Crippen LogP contribution in [0.25, 0.3) is 0 Å². The van der Waals surface area contributed by atoms with Gasteiger partial charge in [0.05, 0.1) is 7.11 Å². The normalized spacial score (nSPS) is 15.5. The van der Waals surface area contributed by atoms with Crippen molar-refractivity contribution in [3.63, 3.8) is 0 Å². The molecule has 0 atom stereocenters. The van der Waals surface area contributed by atoms with E-state index in [4.69, 9.17) is 4.74 Å². The van der Waals surface area contributed by atoms with Gasteiger partial charge in [0, 0.05) is 37.8 Å². The molecule has 4 heteroatoms. The van der Waals surface area contributed by atoms with Gasteiger partial charge < -0.3 is 9.64 Å². The lowest BCUT2D eigenvalue weighted by atomic mass is 10.0. The van der Waals surface area contributed by atoms with E-state index in [0.29, 0.717) is 6.42 Å². The molecule has 1 saturated heterocycles. The summed E-state index contributed by atoms with van der Waals surface area (Å²) in [6.45, 7) is 6.99. The molecule has 0 unspecified atom stereocenters. The molecule has 4 nitrogen and oxygen atoms in total. The van der Waals surface area contributed by atoms with E-state index >= 15 is 0 Å². The van der Waals surface area contributed by atoms with Gasteiger partial charge in [-0.15, -0.1) is 0 Å². The number of carbonyl (C=O) groups is 1. The second-order valence-electron chi connectivity index (χ2n) is 7.31. The van der Waals surface area contributed by atoms with Crippen molar-refractivity contribution in [2.45, 2.75) is 45.7 Å². The van der Waals surface area contributed by atoms with Crippen molar-refractivity contribution in [3.8, 4) is 5.75 Å². The molecular weight excluding hydrogens is 336 g/mol. The summed E-state index contributed by atoms with van der Waals surface area (Å²) in [4.78, 5) is 17.2. The van der Waals surface area contributed by atoms with Crippen molar-refractivity contribution in [1.29, 1.82) is 0 Å². The van der Waals surface area contributed by atoms with Crippen LogP contribution in [0.5, 0.6) is 5.75 Å². The van der Waals surface area contributed by atoms with E-state index in [2.05, 4.69) is 42.2 Å². The van der Waals surface area contributed by atoms with Gasteiger partial charge in [0.25, 0.3) is 0 Å². The fraction of sp³-hybridized carbons (Fsp3) is 0.435. The SMILES string of the molecule is CCC(=O)N(c1cccc(C)c1)C1CCN(Cc2ccc(OC)cc2)CC1. The van der Waals surface area contributed by atoms with E-state index in [9.17, 15) is 4.79 Å². The second kappa shape index (κ2) is 9.05. The molecule has 0 saturated carbocycles. The molecule has 0 spiro atoms. The lowest BCUT2D eigenvalue weighted by Crippen LogP contribution is -2.47. The van der Waals surface area contributed by atoms with Crippen LogP contribution in [0.15, 0.2) is 48.5 Å². The maximum absolute atomic E-state index is 12.7. The number of carbonyl (C=O) groups excluding carboxylic acids is 1. The minimum absolute atomic E-state index is 0.217. The number of benzene rings is 2. The van der Waals surface area contributed by atoms with E-state index in [1.54, 1.807) is 7.11 Å². The molecule has 0 N–H and O–H groups in total. The summed E-state index contributed by atoms with van der Waals surface area (Å²) in [5, 5.41) is 0.